The highest BCUT2D eigenvalue weighted by Crippen LogP contribution is 2.44. The third-order valence-electron chi connectivity index (χ3n) is 5.39. The number of carbonyl (C=O) groups excluding carboxylic acids is 1. The number of benzene rings is 2. The minimum absolute atomic E-state index is 0.0504. The molecule has 2 aliphatic rings. The van der Waals surface area contributed by atoms with Crippen molar-refractivity contribution < 1.29 is 23.8 Å². The van der Waals surface area contributed by atoms with Crippen LogP contribution < -0.4 is 0 Å². The number of alkyl halides is 1. The minimum atomic E-state index is -1.20. The van der Waals surface area contributed by atoms with Gasteiger partial charge in [-0.25, -0.2) is 14.0 Å². The van der Waals surface area contributed by atoms with Crippen LogP contribution in [0.5, 0.6) is 0 Å². The molecule has 1 saturated heterocycles. The van der Waals surface area contributed by atoms with Gasteiger partial charge in [0.25, 0.3) is 0 Å². The fourth-order valence-electron chi connectivity index (χ4n) is 4.05. The molecule has 5 nitrogen and oxygen atoms in total. The third-order valence-corrected chi connectivity index (χ3v) is 5.39. The highest BCUT2D eigenvalue weighted by atomic mass is 19.1. The molecular formula is C21H20FNO4. The average Bonchev–Trinajstić information content (AvgIpc) is 3.00. The van der Waals surface area contributed by atoms with Crippen molar-refractivity contribution in [2.75, 3.05) is 13.2 Å². The van der Waals surface area contributed by atoms with Crippen LogP contribution in [0, 0.1) is 0 Å². The number of halogens is 1. The highest BCUT2D eigenvalue weighted by molar-refractivity contribution is 5.81. The third kappa shape index (κ3) is 3.16. The summed E-state index contributed by atoms with van der Waals surface area (Å²) in [5, 5.41) is 9.30. The van der Waals surface area contributed by atoms with E-state index in [0.29, 0.717) is 0 Å². The number of aliphatic carboxylic acids is 1. The second kappa shape index (κ2) is 7.02. The van der Waals surface area contributed by atoms with E-state index in [9.17, 15) is 19.1 Å². The number of carboxylic acids is 1. The molecule has 1 heterocycles. The topological polar surface area (TPSA) is 66.8 Å². The zero-order chi connectivity index (χ0) is 19.0. The average molecular weight is 369 g/mol. The maximum atomic E-state index is 13.6. The van der Waals surface area contributed by atoms with Gasteiger partial charge in [0.15, 0.2) is 0 Å². The number of carboxylic acid groups (broad SMARTS) is 1. The second-order valence-electron chi connectivity index (χ2n) is 6.97. The van der Waals surface area contributed by atoms with Gasteiger partial charge >= 0.3 is 12.1 Å². The van der Waals surface area contributed by atoms with E-state index in [1.54, 1.807) is 0 Å². The Balaban J connectivity index is 1.52. The van der Waals surface area contributed by atoms with Crippen molar-refractivity contribution in [3.05, 3.63) is 59.7 Å². The summed E-state index contributed by atoms with van der Waals surface area (Å²) in [6, 6.07) is 14.8. The smallest absolute Gasteiger partial charge is 0.410 e. The molecule has 2 atom stereocenters. The number of likely N-dealkylation sites (tertiary alicyclic amines) is 1. The molecule has 4 rings (SSSR count). The van der Waals surface area contributed by atoms with Gasteiger partial charge in [0, 0.05) is 18.9 Å². The molecule has 1 aliphatic carbocycles. The Bertz CT molecular complexity index is 838. The molecule has 1 fully saturated rings. The molecule has 0 unspecified atom stereocenters. The van der Waals surface area contributed by atoms with Crippen LogP contribution in [-0.2, 0) is 9.53 Å². The van der Waals surface area contributed by atoms with Crippen molar-refractivity contribution >= 4 is 12.1 Å². The van der Waals surface area contributed by atoms with E-state index in [-0.39, 0.29) is 31.9 Å². The molecule has 0 aromatic heterocycles. The van der Waals surface area contributed by atoms with Crippen LogP contribution in [0.15, 0.2) is 48.5 Å². The first kappa shape index (κ1) is 17.5. The fourth-order valence-corrected chi connectivity index (χ4v) is 4.05. The molecule has 140 valence electrons. The Morgan fingerprint density at radius 3 is 2.26 bits per heavy atom. The summed E-state index contributed by atoms with van der Waals surface area (Å²) in [6.45, 7) is 0.170. The lowest BCUT2D eigenvalue weighted by Crippen LogP contribution is -2.51. The van der Waals surface area contributed by atoms with E-state index in [2.05, 4.69) is 0 Å². The van der Waals surface area contributed by atoms with Crippen LogP contribution in [0.25, 0.3) is 11.1 Å². The van der Waals surface area contributed by atoms with E-state index in [0.717, 1.165) is 27.2 Å². The summed E-state index contributed by atoms with van der Waals surface area (Å²) >= 11 is 0. The fraction of sp³-hybridized carbons (Fsp3) is 0.333. The van der Waals surface area contributed by atoms with Gasteiger partial charge in [0.2, 0.25) is 0 Å². The molecular weight excluding hydrogens is 349 g/mol. The van der Waals surface area contributed by atoms with Crippen molar-refractivity contribution in [2.24, 2.45) is 0 Å². The number of amides is 1. The van der Waals surface area contributed by atoms with Gasteiger partial charge in [-0.2, -0.15) is 0 Å². The molecule has 1 aliphatic heterocycles. The summed E-state index contributed by atoms with van der Waals surface area (Å²) in [5.74, 6) is -1.30. The Kier molecular flexibility index (Phi) is 4.56. The van der Waals surface area contributed by atoms with Crippen LogP contribution in [0.1, 0.15) is 29.9 Å². The standard InChI is InChI=1S/C21H20FNO4/c22-13-9-10-23(19(11-13)20(24)25)21(26)27-12-18-16-7-3-1-5-14(16)15-6-2-4-8-17(15)18/h1-8,13,18-19H,9-12H2,(H,24,25)/t13-,19-/m0/s1. The number of hydrogen-bond acceptors (Lipinski definition) is 3. The van der Waals surface area contributed by atoms with Gasteiger partial charge in [0.1, 0.15) is 18.8 Å². The number of carbonyl (C=O) groups is 2. The van der Waals surface area contributed by atoms with Crippen LogP contribution in [-0.4, -0.2) is 47.4 Å². The lowest BCUT2D eigenvalue weighted by atomic mass is 9.98. The van der Waals surface area contributed by atoms with Gasteiger partial charge in [-0.1, -0.05) is 48.5 Å². The molecule has 0 radical (unpaired) electrons. The zero-order valence-electron chi connectivity index (χ0n) is 14.7. The van der Waals surface area contributed by atoms with Crippen molar-refractivity contribution in [2.45, 2.75) is 31.0 Å². The maximum absolute atomic E-state index is 13.6. The molecule has 1 N–H and O–H groups in total. The number of ether oxygens (including phenoxy) is 1. The molecule has 0 saturated carbocycles. The van der Waals surface area contributed by atoms with Gasteiger partial charge in [0.05, 0.1) is 0 Å². The molecule has 27 heavy (non-hydrogen) atoms. The lowest BCUT2D eigenvalue weighted by Gasteiger charge is -2.33. The van der Waals surface area contributed by atoms with E-state index >= 15 is 0 Å². The highest BCUT2D eigenvalue weighted by Gasteiger charge is 2.38. The van der Waals surface area contributed by atoms with E-state index in [1.165, 1.54) is 0 Å². The number of piperidine rings is 1. The molecule has 1 amide bonds. The summed E-state index contributed by atoms with van der Waals surface area (Å²) in [4.78, 5) is 25.0. The minimum Gasteiger partial charge on any atom is -0.480 e. The maximum Gasteiger partial charge on any atom is 0.410 e. The number of fused-ring (bicyclic) bond motifs is 3. The monoisotopic (exact) mass is 369 g/mol. The van der Waals surface area contributed by atoms with Crippen LogP contribution in [0.4, 0.5) is 9.18 Å². The first-order valence-corrected chi connectivity index (χ1v) is 9.04. The molecule has 2 aromatic rings. The quantitative estimate of drug-likeness (QED) is 0.893. The summed E-state index contributed by atoms with van der Waals surface area (Å²) in [7, 11) is 0. The van der Waals surface area contributed by atoms with Gasteiger partial charge < -0.3 is 9.84 Å². The van der Waals surface area contributed by atoms with Crippen molar-refractivity contribution in [3.8, 4) is 11.1 Å². The summed E-state index contributed by atoms with van der Waals surface area (Å²) in [5.41, 5.74) is 4.42. The van der Waals surface area contributed by atoms with Crippen LogP contribution in [0.2, 0.25) is 0 Å². The number of nitrogens with zero attached hydrogens (tertiary/aromatic N) is 1. The second-order valence-corrected chi connectivity index (χ2v) is 6.97. The first-order valence-electron chi connectivity index (χ1n) is 9.04. The van der Waals surface area contributed by atoms with Gasteiger partial charge in [-0.3, -0.25) is 4.90 Å². The lowest BCUT2D eigenvalue weighted by molar-refractivity contribution is -0.144. The number of hydrogen-bond donors (Lipinski definition) is 1. The molecule has 6 heteroatoms. The van der Waals surface area contributed by atoms with Gasteiger partial charge in [-0.05, 0) is 28.7 Å². The van der Waals surface area contributed by atoms with Crippen LogP contribution >= 0.6 is 0 Å². The van der Waals surface area contributed by atoms with E-state index in [1.807, 2.05) is 48.5 Å². The normalized spacial score (nSPS) is 21.4. The Hall–Kier alpha value is -2.89. The first-order chi connectivity index (χ1) is 13.1. The van der Waals surface area contributed by atoms with Crippen molar-refractivity contribution in [1.29, 1.82) is 0 Å². The van der Waals surface area contributed by atoms with Crippen molar-refractivity contribution in [3.63, 3.8) is 0 Å². The van der Waals surface area contributed by atoms with Crippen molar-refractivity contribution in [1.82, 2.24) is 4.90 Å². The SMILES string of the molecule is O=C(O)[C@@H]1C[C@@H](F)CCN1C(=O)OCC1c2ccccc2-c2ccccc21. The largest absolute Gasteiger partial charge is 0.480 e. The summed E-state index contributed by atoms with van der Waals surface area (Å²) < 4.78 is 19.0. The Morgan fingerprint density at radius 1 is 1.07 bits per heavy atom. The Labute approximate surface area is 156 Å². The summed E-state index contributed by atoms with van der Waals surface area (Å²) in [6.07, 6.45) is -1.96. The zero-order valence-corrected chi connectivity index (χ0v) is 14.7. The predicted molar refractivity (Wildman–Crippen MR) is 97.3 cm³/mol. The van der Waals surface area contributed by atoms with Crippen LogP contribution in [0.3, 0.4) is 0 Å². The molecule has 0 bridgehead atoms. The van der Waals surface area contributed by atoms with E-state index in [4.69, 9.17) is 4.74 Å². The van der Waals surface area contributed by atoms with Gasteiger partial charge in [-0.15, -0.1) is 0 Å². The molecule has 0 spiro atoms. The number of rotatable bonds is 3. The molecule has 2 aromatic carbocycles. The predicted octanol–water partition coefficient (Wildman–Crippen LogP) is 3.82. The Morgan fingerprint density at radius 2 is 1.67 bits per heavy atom. The van der Waals surface area contributed by atoms with E-state index < -0.39 is 24.3 Å².